The minimum absolute atomic E-state index is 0.223. The van der Waals surface area contributed by atoms with Crippen LogP contribution >= 0.6 is 0 Å². The molecular formula is C17H14N6O. The monoisotopic (exact) mass is 318 g/mol. The van der Waals surface area contributed by atoms with Gasteiger partial charge in [-0.15, -0.1) is 5.10 Å². The van der Waals surface area contributed by atoms with Crippen molar-refractivity contribution in [3.8, 4) is 0 Å². The van der Waals surface area contributed by atoms with Gasteiger partial charge in [0.05, 0.1) is 0 Å². The first-order valence-corrected chi connectivity index (χ1v) is 7.41. The number of para-hydroxylation sites is 1. The van der Waals surface area contributed by atoms with Crippen LogP contribution in [-0.4, -0.2) is 30.1 Å². The summed E-state index contributed by atoms with van der Waals surface area (Å²) in [5.41, 5.74) is 2.10. The highest BCUT2D eigenvalue weighted by atomic mass is 16.1. The minimum Gasteiger partial charge on any atom is -0.350 e. The number of anilines is 1. The van der Waals surface area contributed by atoms with Crippen molar-refractivity contribution in [2.45, 2.75) is 0 Å². The second-order valence-corrected chi connectivity index (χ2v) is 5.33. The van der Waals surface area contributed by atoms with E-state index in [1.54, 1.807) is 24.5 Å². The molecule has 0 radical (unpaired) electrons. The van der Waals surface area contributed by atoms with E-state index >= 15 is 0 Å². The van der Waals surface area contributed by atoms with Gasteiger partial charge >= 0.3 is 0 Å². The van der Waals surface area contributed by atoms with Gasteiger partial charge < -0.3 is 4.57 Å². The van der Waals surface area contributed by atoms with Crippen LogP contribution in [0.15, 0.2) is 55.0 Å². The van der Waals surface area contributed by atoms with Crippen molar-refractivity contribution in [3.63, 3.8) is 0 Å². The summed E-state index contributed by atoms with van der Waals surface area (Å²) in [7, 11) is 1.98. The van der Waals surface area contributed by atoms with E-state index in [0.29, 0.717) is 5.78 Å². The number of aryl methyl sites for hydroxylation is 1. The molecule has 7 heteroatoms. The molecule has 0 saturated carbocycles. The molecule has 1 N–H and O–H groups in total. The fourth-order valence-electron chi connectivity index (χ4n) is 2.61. The summed E-state index contributed by atoms with van der Waals surface area (Å²) in [5, 5.41) is 7.87. The Morgan fingerprint density at radius 3 is 3.00 bits per heavy atom. The van der Waals surface area contributed by atoms with E-state index in [-0.39, 0.29) is 11.9 Å². The van der Waals surface area contributed by atoms with Gasteiger partial charge in [-0.1, -0.05) is 18.2 Å². The van der Waals surface area contributed by atoms with Crippen molar-refractivity contribution in [1.29, 1.82) is 0 Å². The van der Waals surface area contributed by atoms with Gasteiger partial charge in [0.1, 0.15) is 0 Å². The first kappa shape index (κ1) is 14.1. The van der Waals surface area contributed by atoms with E-state index in [0.717, 1.165) is 16.5 Å². The van der Waals surface area contributed by atoms with E-state index < -0.39 is 0 Å². The standard InChI is InChI=1S/C17H14N6O/c1-22-11-12(13-5-2-3-6-14(13)22)7-8-15(24)19-16-20-17-18-9-4-10-23(17)21-16/h2-11H,1H3,(H,19,21,24)/b8-7+. The van der Waals surface area contributed by atoms with E-state index in [9.17, 15) is 4.79 Å². The second kappa shape index (κ2) is 5.62. The lowest BCUT2D eigenvalue weighted by atomic mass is 10.1. The molecule has 0 unspecified atom stereocenters. The van der Waals surface area contributed by atoms with Crippen LogP contribution < -0.4 is 5.32 Å². The number of carbonyl (C=O) groups is 1. The molecule has 0 aliphatic heterocycles. The zero-order valence-electron chi connectivity index (χ0n) is 12.9. The first-order chi connectivity index (χ1) is 11.7. The van der Waals surface area contributed by atoms with Gasteiger partial charge in [0.2, 0.25) is 0 Å². The number of hydrogen-bond donors (Lipinski definition) is 1. The number of hydrogen-bond acceptors (Lipinski definition) is 4. The van der Waals surface area contributed by atoms with Crippen LogP contribution in [0.5, 0.6) is 0 Å². The van der Waals surface area contributed by atoms with Crippen LogP contribution in [0.1, 0.15) is 5.56 Å². The Kier molecular flexibility index (Phi) is 3.31. The van der Waals surface area contributed by atoms with Crippen molar-refractivity contribution in [3.05, 3.63) is 60.6 Å². The summed E-state index contributed by atoms with van der Waals surface area (Å²) in [6.45, 7) is 0. The molecule has 0 bridgehead atoms. The Morgan fingerprint density at radius 1 is 1.25 bits per heavy atom. The lowest BCUT2D eigenvalue weighted by Gasteiger charge is -1.94. The lowest BCUT2D eigenvalue weighted by molar-refractivity contribution is -0.111. The number of nitrogens with one attached hydrogen (secondary N) is 1. The predicted molar refractivity (Wildman–Crippen MR) is 91.4 cm³/mol. The van der Waals surface area contributed by atoms with Gasteiger partial charge in [-0.05, 0) is 18.2 Å². The number of nitrogens with zero attached hydrogens (tertiary/aromatic N) is 5. The van der Waals surface area contributed by atoms with Gasteiger partial charge in [0.25, 0.3) is 17.6 Å². The van der Waals surface area contributed by atoms with Crippen molar-refractivity contribution >= 4 is 34.6 Å². The minimum atomic E-state index is -0.293. The van der Waals surface area contributed by atoms with Gasteiger partial charge in [-0.25, -0.2) is 9.50 Å². The second-order valence-electron chi connectivity index (χ2n) is 5.33. The molecule has 3 heterocycles. The van der Waals surface area contributed by atoms with E-state index in [1.165, 1.54) is 10.6 Å². The quantitative estimate of drug-likeness (QED) is 0.588. The molecule has 4 aromatic rings. The third-order valence-corrected chi connectivity index (χ3v) is 3.69. The SMILES string of the molecule is Cn1cc(/C=C/C(=O)Nc2nc3ncccn3n2)c2ccccc21. The topological polar surface area (TPSA) is 77.1 Å². The number of fused-ring (bicyclic) bond motifs is 2. The number of benzene rings is 1. The van der Waals surface area contributed by atoms with Crippen LogP contribution in [0.2, 0.25) is 0 Å². The molecule has 118 valence electrons. The zero-order chi connectivity index (χ0) is 16.5. The highest BCUT2D eigenvalue weighted by Crippen LogP contribution is 2.21. The van der Waals surface area contributed by atoms with Gasteiger partial charge in [-0.3, -0.25) is 10.1 Å². The molecule has 7 nitrogen and oxygen atoms in total. The van der Waals surface area contributed by atoms with E-state index in [2.05, 4.69) is 20.4 Å². The fourth-order valence-corrected chi connectivity index (χ4v) is 2.61. The van der Waals surface area contributed by atoms with Crippen LogP contribution in [0.4, 0.5) is 5.95 Å². The highest BCUT2D eigenvalue weighted by molar-refractivity contribution is 6.02. The van der Waals surface area contributed by atoms with Gasteiger partial charge in [0, 0.05) is 48.2 Å². The van der Waals surface area contributed by atoms with Crippen LogP contribution in [0.25, 0.3) is 22.8 Å². The molecule has 1 aromatic carbocycles. The zero-order valence-corrected chi connectivity index (χ0v) is 12.9. The van der Waals surface area contributed by atoms with Crippen LogP contribution in [0.3, 0.4) is 0 Å². The molecule has 0 aliphatic carbocycles. The molecular weight excluding hydrogens is 304 g/mol. The van der Waals surface area contributed by atoms with E-state index in [1.807, 2.05) is 42.1 Å². The van der Waals surface area contributed by atoms with Crippen molar-refractivity contribution < 1.29 is 4.79 Å². The predicted octanol–water partition coefficient (Wildman–Crippen LogP) is 2.27. The largest absolute Gasteiger partial charge is 0.350 e. The smallest absolute Gasteiger partial charge is 0.253 e. The maximum Gasteiger partial charge on any atom is 0.253 e. The normalized spacial score (nSPS) is 11.5. The maximum absolute atomic E-state index is 12.1. The summed E-state index contributed by atoms with van der Waals surface area (Å²) < 4.78 is 3.53. The van der Waals surface area contributed by atoms with Gasteiger partial charge in [0.15, 0.2) is 0 Å². The Balaban J connectivity index is 1.55. The number of aromatic nitrogens is 5. The Morgan fingerprint density at radius 2 is 2.12 bits per heavy atom. The molecule has 1 amide bonds. The fraction of sp³-hybridized carbons (Fsp3) is 0.0588. The molecule has 0 aliphatic rings. The first-order valence-electron chi connectivity index (χ1n) is 7.41. The Bertz CT molecular complexity index is 1040. The maximum atomic E-state index is 12.1. The summed E-state index contributed by atoms with van der Waals surface area (Å²) in [6.07, 6.45) is 8.58. The number of rotatable bonds is 3. The summed E-state index contributed by atoms with van der Waals surface area (Å²) in [6, 6.07) is 9.79. The summed E-state index contributed by atoms with van der Waals surface area (Å²) >= 11 is 0. The van der Waals surface area contributed by atoms with Crippen molar-refractivity contribution in [2.75, 3.05) is 5.32 Å². The average Bonchev–Trinajstić information content (AvgIpc) is 3.14. The van der Waals surface area contributed by atoms with Crippen LogP contribution in [0, 0.1) is 0 Å². The summed E-state index contributed by atoms with van der Waals surface area (Å²) in [4.78, 5) is 20.3. The van der Waals surface area contributed by atoms with Crippen LogP contribution in [-0.2, 0) is 11.8 Å². The number of carbonyl (C=O) groups excluding carboxylic acids is 1. The molecule has 0 saturated heterocycles. The molecule has 0 spiro atoms. The van der Waals surface area contributed by atoms with Crippen molar-refractivity contribution in [1.82, 2.24) is 24.1 Å². The van der Waals surface area contributed by atoms with Gasteiger partial charge in [-0.2, -0.15) is 4.98 Å². The Labute approximate surface area is 137 Å². The molecule has 4 rings (SSSR count). The third-order valence-electron chi connectivity index (χ3n) is 3.69. The highest BCUT2D eigenvalue weighted by Gasteiger charge is 2.07. The van der Waals surface area contributed by atoms with Crippen molar-refractivity contribution in [2.24, 2.45) is 7.05 Å². The molecule has 3 aromatic heterocycles. The molecule has 24 heavy (non-hydrogen) atoms. The summed E-state index contributed by atoms with van der Waals surface area (Å²) in [5.74, 6) is 0.367. The Hall–Kier alpha value is -3.48. The number of amides is 1. The van der Waals surface area contributed by atoms with E-state index in [4.69, 9.17) is 0 Å². The molecule has 0 atom stereocenters. The lowest BCUT2D eigenvalue weighted by Crippen LogP contribution is -2.09. The molecule has 0 fully saturated rings. The average molecular weight is 318 g/mol. The third kappa shape index (κ3) is 2.52.